The fourth-order valence-electron chi connectivity index (χ4n) is 1.82. The fourth-order valence-corrected chi connectivity index (χ4v) is 2.08. The maximum absolute atomic E-state index is 10.6. The summed E-state index contributed by atoms with van der Waals surface area (Å²) in [5.41, 5.74) is 2.05. The summed E-state index contributed by atoms with van der Waals surface area (Å²) in [5, 5.41) is 10.6. The van der Waals surface area contributed by atoms with Gasteiger partial charge in [0.1, 0.15) is 5.60 Å². The van der Waals surface area contributed by atoms with Gasteiger partial charge in [-0.05, 0) is 37.1 Å². The van der Waals surface area contributed by atoms with E-state index in [4.69, 9.17) is 0 Å². The molecule has 0 unspecified atom stereocenters. The molecule has 0 amide bonds. The van der Waals surface area contributed by atoms with Crippen LogP contribution in [0.1, 0.15) is 23.6 Å². The molecule has 1 nitrogen and oxygen atoms in total. The van der Waals surface area contributed by atoms with Crippen LogP contribution in [0.5, 0.6) is 0 Å². The van der Waals surface area contributed by atoms with E-state index in [2.05, 4.69) is 15.9 Å². The maximum atomic E-state index is 10.6. The normalized spacial score (nSPS) is 14.4. The number of hydrogen-bond donors (Lipinski definition) is 1. The Labute approximate surface area is 110 Å². The van der Waals surface area contributed by atoms with Crippen LogP contribution in [-0.2, 0) is 5.60 Å². The minimum absolute atomic E-state index is 0.893. The zero-order valence-corrected chi connectivity index (χ0v) is 11.5. The van der Waals surface area contributed by atoms with Gasteiger partial charge in [0.15, 0.2) is 0 Å². The number of aryl methyl sites for hydroxylation is 1. The number of halogens is 1. The SMILES string of the molecule is Cc1ccc([C@](C)(O)c2ccc(Br)cc2)cc1. The van der Waals surface area contributed by atoms with E-state index in [9.17, 15) is 5.11 Å². The van der Waals surface area contributed by atoms with Gasteiger partial charge in [-0.2, -0.15) is 0 Å². The Hall–Kier alpha value is -1.12. The van der Waals surface area contributed by atoms with Crippen LogP contribution in [0, 0.1) is 6.92 Å². The highest BCUT2D eigenvalue weighted by molar-refractivity contribution is 9.10. The fraction of sp³-hybridized carbons (Fsp3) is 0.200. The highest BCUT2D eigenvalue weighted by Crippen LogP contribution is 2.29. The third-order valence-corrected chi connectivity index (χ3v) is 3.55. The highest BCUT2D eigenvalue weighted by Gasteiger charge is 2.25. The van der Waals surface area contributed by atoms with Crippen LogP contribution in [0.2, 0.25) is 0 Å². The largest absolute Gasteiger partial charge is 0.381 e. The van der Waals surface area contributed by atoms with Crippen LogP contribution < -0.4 is 0 Å². The number of rotatable bonds is 2. The van der Waals surface area contributed by atoms with E-state index in [-0.39, 0.29) is 0 Å². The first-order valence-corrected chi connectivity index (χ1v) is 6.35. The van der Waals surface area contributed by atoms with Crippen molar-refractivity contribution in [3.63, 3.8) is 0 Å². The predicted molar refractivity (Wildman–Crippen MR) is 74.0 cm³/mol. The zero-order valence-electron chi connectivity index (χ0n) is 9.94. The van der Waals surface area contributed by atoms with Gasteiger partial charge in [0.2, 0.25) is 0 Å². The molecule has 1 atom stereocenters. The third-order valence-electron chi connectivity index (χ3n) is 3.02. The molecule has 2 rings (SSSR count). The molecule has 0 heterocycles. The summed E-state index contributed by atoms with van der Waals surface area (Å²) in [6, 6.07) is 15.7. The molecule has 88 valence electrons. The van der Waals surface area contributed by atoms with Gasteiger partial charge in [-0.25, -0.2) is 0 Å². The molecular formula is C15H15BrO. The van der Waals surface area contributed by atoms with E-state index in [0.717, 1.165) is 15.6 Å². The zero-order chi connectivity index (χ0) is 12.5. The predicted octanol–water partition coefficient (Wildman–Crippen LogP) is 4.01. The first-order chi connectivity index (χ1) is 8.00. The molecule has 0 aliphatic carbocycles. The Morgan fingerprint density at radius 1 is 0.882 bits per heavy atom. The Morgan fingerprint density at radius 3 is 1.76 bits per heavy atom. The lowest BCUT2D eigenvalue weighted by Crippen LogP contribution is -2.22. The topological polar surface area (TPSA) is 20.2 Å². The molecule has 0 aliphatic heterocycles. The van der Waals surface area contributed by atoms with E-state index in [1.165, 1.54) is 5.56 Å². The molecule has 0 aromatic heterocycles. The first kappa shape index (κ1) is 12.3. The molecule has 0 saturated carbocycles. The van der Waals surface area contributed by atoms with Crippen molar-refractivity contribution in [3.8, 4) is 0 Å². The van der Waals surface area contributed by atoms with E-state index in [0.29, 0.717) is 0 Å². The molecule has 1 N–H and O–H groups in total. The van der Waals surface area contributed by atoms with Crippen molar-refractivity contribution >= 4 is 15.9 Å². The van der Waals surface area contributed by atoms with Crippen molar-refractivity contribution in [2.75, 3.05) is 0 Å². The van der Waals surface area contributed by atoms with Crippen molar-refractivity contribution in [3.05, 3.63) is 69.7 Å². The summed E-state index contributed by atoms with van der Waals surface area (Å²) in [6.07, 6.45) is 0. The summed E-state index contributed by atoms with van der Waals surface area (Å²) in [6.45, 7) is 3.86. The number of benzene rings is 2. The monoisotopic (exact) mass is 290 g/mol. The van der Waals surface area contributed by atoms with Crippen LogP contribution in [-0.4, -0.2) is 5.11 Å². The van der Waals surface area contributed by atoms with Gasteiger partial charge in [0.05, 0.1) is 0 Å². The van der Waals surface area contributed by atoms with E-state index in [1.54, 1.807) is 0 Å². The Kier molecular flexibility index (Phi) is 3.36. The van der Waals surface area contributed by atoms with Gasteiger partial charge in [-0.3, -0.25) is 0 Å². The van der Waals surface area contributed by atoms with Gasteiger partial charge >= 0.3 is 0 Å². The number of hydrogen-bond acceptors (Lipinski definition) is 1. The molecule has 0 spiro atoms. The average molecular weight is 291 g/mol. The first-order valence-electron chi connectivity index (χ1n) is 5.56. The Balaban J connectivity index is 2.41. The molecule has 17 heavy (non-hydrogen) atoms. The van der Waals surface area contributed by atoms with Crippen molar-refractivity contribution < 1.29 is 5.11 Å². The van der Waals surface area contributed by atoms with E-state index >= 15 is 0 Å². The Morgan fingerprint density at radius 2 is 1.29 bits per heavy atom. The molecule has 0 fully saturated rings. The molecule has 2 heteroatoms. The minimum atomic E-state index is -0.950. The van der Waals surface area contributed by atoms with Crippen molar-refractivity contribution in [2.24, 2.45) is 0 Å². The van der Waals surface area contributed by atoms with Crippen LogP contribution in [0.4, 0.5) is 0 Å². The van der Waals surface area contributed by atoms with Gasteiger partial charge in [0.25, 0.3) is 0 Å². The standard InChI is InChI=1S/C15H15BrO/c1-11-3-5-12(6-4-11)15(2,17)13-7-9-14(16)10-8-13/h3-10,17H,1-2H3/t15-/m0/s1. The van der Waals surface area contributed by atoms with Crippen molar-refractivity contribution in [1.29, 1.82) is 0 Å². The molecule has 0 saturated heterocycles. The van der Waals surface area contributed by atoms with Gasteiger partial charge in [-0.15, -0.1) is 0 Å². The number of aliphatic hydroxyl groups is 1. The summed E-state index contributed by atoms with van der Waals surface area (Å²) in [7, 11) is 0. The second kappa shape index (κ2) is 4.63. The van der Waals surface area contributed by atoms with Gasteiger partial charge < -0.3 is 5.11 Å². The van der Waals surface area contributed by atoms with Crippen LogP contribution in [0.25, 0.3) is 0 Å². The molecular weight excluding hydrogens is 276 g/mol. The molecule has 0 radical (unpaired) electrons. The van der Waals surface area contributed by atoms with Crippen LogP contribution >= 0.6 is 15.9 Å². The van der Waals surface area contributed by atoms with Crippen molar-refractivity contribution in [1.82, 2.24) is 0 Å². The lowest BCUT2D eigenvalue weighted by Gasteiger charge is -2.24. The average Bonchev–Trinajstić information content (AvgIpc) is 2.30. The maximum Gasteiger partial charge on any atom is 0.112 e. The second-order valence-electron chi connectivity index (χ2n) is 4.45. The lowest BCUT2D eigenvalue weighted by atomic mass is 9.88. The highest BCUT2D eigenvalue weighted by atomic mass is 79.9. The van der Waals surface area contributed by atoms with Crippen LogP contribution in [0.3, 0.4) is 0 Å². The summed E-state index contributed by atoms with van der Waals surface area (Å²) in [4.78, 5) is 0. The van der Waals surface area contributed by atoms with Crippen LogP contribution in [0.15, 0.2) is 53.0 Å². The third kappa shape index (κ3) is 2.59. The van der Waals surface area contributed by atoms with Crippen molar-refractivity contribution in [2.45, 2.75) is 19.4 Å². The van der Waals surface area contributed by atoms with E-state index in [1.807, 2.05) is 62.4 Å². The molecule has 2 aromatic rings. The quantitative estimate of drug-likeness (QED) is 0.886. The van der Waals surface area contributed by atoms with E-state index < -0.39 is 5.60 Å². The molecule has 2 aromatic carbocycles. The summed E-state index contributed by atoms with van der Waals surface area (Å²) in [5.74, 6) is 0. The second-order valence-corrected chi connectivity index (χ2v) is 5.36. The summed E-state index contributed by atoms with van der Waals surface area (Å²) < 4.78 is 1.01. The minimum Gasteiger partial charge on any atom is -0.381 e. The smallest absolute Gasteiger partial charge is 0.112 e. The lowest BCUT2D eigenvalue weighted by molar-refractivity contribution is 0.102. The summed E-state index contributed by atoms with van der Waals surface area (Å²) >= 11 is 3.40. The van der Waals surface area contributed by atoms with Gasteiger partial charge in [-0.1, -0.05) is 57.9 Å². The molecule has 0 bridgehead atoms. The molecule has 0 aliphatic rings. The van der Waals surface area contributed by atoms with Gasteiger partial charge in [0, 0.05) is 4.47 Å². The Bertz CT molecular complexity index is 450.